The van der Waals surface area contributed by atoms with Crippen LogP contribution in [0.15, 0.2) is 53.3 Å². The molecule has 0 aliphatic heterocycles. The number of hydrogen-bond donors (Lipinski definition) is 1. The van der Waals surface area contributed by atoms with E-state index < -0.39 is 0 Å². The topological polar surface area (TPSA) is 93.9 Å². The van der Waals surface area contributed by atoms with Crippen molar-refractivity contribution in [2.75, 3.05) is 5.32 Å². The molecule has 0 saturated carbocycles. The van der Waals surface area contributed by atoms with Crippen molar-refractivity contribution in [2.45, 2.75) is 19.9 Å². The third kappa shape index (κ3) is 3.60. The van der Waals surface area contributed by atoms with Crippen LogP contribution in [0.5, 0.6) is 0 Å². The van der Waals surface area contributed by atoms with Gasteiger partial charge in [-0.3, -0.25) is 14.4 Å². The van der Waals surface area contributed by atoms with Gasteiger partial charge >= 0.3 is 0 Å². The van der Waals surface area contributed by atoms with E-state index in [9.17, 15) is 14.4 Å². The second kappa shape index (κ2) is 7.04. The summed E-state index contributed by atoms with van der Waals surface area (Å²) in [4.78, 5) is 36.1. The number of benzene rings is 2. The largest absolute Gasteiger partial charge is 0.326 e. The van der Waals surface area contributed by atoms with Gasteiger partial charge in [0.2, 0.25) is 5.91 Å². The highest BCUT2D eigenvalue weighted by molar-refractivity contribution is 5.97. The van der Waals surface area contributed by atoms with E-state index in [0.29, 0.717) is 28.6 Å². The van der Waals surface area contributed by atoms with Crippen LogP contribution in [0.25, 0.3) is 10.9 Å². The third-order valence-corrected chi connectivity index (χ3v) is 3.73. The first-order chi connectivity index (χ1) is 12.1. The van der Waals surface area contributed by atoms with E-state index in [1.165, 1.54) is 0 Å². The number of hydrogen-bond acceptors (Lipinski definition) is 5. The van der Waals surface area contributed by atoms with Crippen molar-refractivity contribution in [3.63, 3.8) is 0 Å². The molecule has 7 nitrogen and oxygen atoms in total. The van der Waals surface area contributed by atoms with Gasteiger partial charge in [0.1, 0.15) is 12.1 Å². The van der Waals surface area contributed by atoms with E-state index in [0.717, 1.165) is 4.68 Å². The molecule has 126 valence electrons. The lowest BCUT2D eigenvalue weighted by molar-refractivity contribution is -0.115. The molecule has 0 saturated heterocycles. The molecule has 0 aliphatic carbocycles. The summed E-state index contributed by atoms with van der Waals surface area (Å²) in [7, 11) is 0. The predicted molar refractivity (Wildman–Crippen MR) is 93.5 cm³/mol. The van der Waals surface area contributed by atoms with Gasteiger partial charge in [-0.25, -0.2) is 4.68 Å². The minimum atomic E-state index is -0.356. The van der Waals surface area contributed by atoms with Gasteiger partial charge in [0.25, 0.3) is 5.56 Å². The second-order valence-electron chi connectivity index (χ2n) is 5.47. The van der Waals surface area contributed by atoms with E-state index >= 15 is 0 Å². The summed E-state index contributed by atoms with van der Waals surface area (Å²) in [5.74, 6) is -0.364. The number of nitrogens with one attached hydrogen (secondary N) is 1. The first-order valence-corrected chi connectivity index (χ1v) is 7.84. The average molecular weight is 336 g/mol. The van der Waals surface area contributed by atoms with Crippen LogP contribution in [0.2, 0.25) is 0 Å². The molecule has 2 aromatic carbocycles. The third-order valence-electron chi connectivity index (χ3n) is 3.73. The highest BCUT2D eigenvalue weighted by Gasteiger charge is 2.11. The minimum Gasteiger partial charge on any atom is -0.326 e. The van der Waals surface area contributed by atoms with Gasteiger partial charge in [-0.2, -0.15) is 0 Å². The van der Waals surface area contributed by atoms with Gasteiger partial charge in [-0.05, 0) is 36.4 Å². The van der Waals surface area contributed by atoms with Crippen LogP contribution in [0.3, 0.4) is 0 Å². The molecule has 1 heterocycles. The lowest BCUT2D eigenvalue weighted by Crippen LogP contribution is -2.27. The van der Waals surface area contributed by atoms with E-state index in [1.54, 1.807) is 55.5 Å². The Morgan fingerprint density at radius 1 is 1.08 bits per heavy atom. The van der Waals surface area contributed by atoms with E-state index in [2.05, 4.69) is 15.6 Å². The van der Waals surface area contributed by atoms with Crippen LogP contribution in [0.4, 0.5) is 5.69 Å². The number of fused-ring (bicyclic) bond motifs is 1. The van der Waals surface area contributed by atoms with Crippen LogP contribution in [0.1, 0.15) is 23.7 Å². The average Bonchev–Trinajstić information content (AvgIpc) is 2.64. The number of amides is 1. The molecule has 1 aromatic heterocycles. The standard InChI is InChI=1S/C18H16N4O3/c1-2-17(24)19-13-9-7-12(8-10-13)16(23)11-22-18(25)14-5-3-4-6-15(14)20-21-22/h3-10H,2,11H2,1H3,(H,19,24). The number of carbonyl (C=O) groups excluding carboxylic acids is 2. The Kier molecular flexibility index (Phi) is 4.65. The number of carbonyl (C=O) groups is 2. The smallest absolute Gasteiger partial charge is 0.278 e. The molecular formula is C18H16N4O3. The zero-order valence-electron chi connectivity index (χ0n) is 13.6. The molecule has 0 atom stereocenters. The van der Waals surface area contributed by atoms with E-state index in [4.69, 9.17) is 0 Å². The SMILES string of the molecule is CCC(=O)Nc1ccc(C(=O)Cn2nnc3ccccc3c2=O)cc1. The minimum absolute atomic E-state index is 0.0999. The molecule has 7 heteroatoms. The Balaban J connectivity index is 1.79. The summed E-state index contributed by atoms with van der Waals surface area (Å²) in [5.41, 5.74) is 1.18. The summed E-state index contributed by atoms with van der Waals surface area (Å²) in [5, 5.41) is 10.9. The van der Waals surface area contributed by atoms with Gasteiger partial charge in [-0.1, -0.05) is 24.3 Å². The highest BCUT2D eigenvalue weighted by atomic mass is 16.2. The number of rotatable bonds is 5. The normalized spacial score (nSPS) is 10.6. The van der Waals surface area contributed by atoms with Crippen LogP contribution >= 0.6 is 0 Å². The van der Waals surface area contributed by atoms with Crippen LogP contribution in [0, 0.1) is 0 Å². The van der Waals surface area contributed by atoms with Gasteiger partial charge < -0.3 is 5.32 Å². The van der Waals surface area contributed by atoms with Crippen LogP contribution in [-0.4, -0.2) is 26.7 Å². The second-order valence-corrected chi connectivity index (χ2v) is 5.47. The summed E-state index contributed by atoms with van der Waals surface area (Å²) in [6.45, 7) is 1.56. The number of nitrogens with zero attached hydrogens (tertiary/aromatic N) is 3. The fourth-order valence-corrected chi connectivity index (χ4v) is 2.34. The highest BCUT2D eigenvalue weighted by Crippen LogP contribution is 2.11. The molecule has 0 radical (unpaired) electrons. The van der Waals surface area contributed by atoms with Crippen molar-refractivity contribution < 1.29 is 9.59 Å². The van der Waals surface area contributed by atoms with Gasteiger partial charge in [0.15, 0.2) is 5.78 Å². The fraction of sp³-hybridized carbons (Fsp3) is 0.167. The monoisotopic (exact) mass is 336 g/mol. The van der Waals surface area contributed by atoms with Crippen LogP contribution < -0.4 is 10.9 Å². The number of aromatic nitrogens is 3. The summed E-state index contributed by atoms with van der Waals surface area (Å²) < 4.78 is 1.05. The van der Waals surface area contributed by atoms with Crippen molar-refractivity contribution in [1.29, 1.82) is 0 Å². The van der Waals surface area contributed by atoms with Crippen molar-refractivity contribution in [3.05, 3.63) is 64.4 Å². The Labute approximate surface area is 143 Å². The van der Waals surface area contributed by atoms with Crippen molar-refractivity contribution in [3.8, 4) is 0 Å². The molecule has 0 unspecified atom stereocenters. The van der Waals surface area contributed by atoms with E-state index in [1.807, 2.05) is 0 Å². The van der Waals surface area contributed by atoms with E-state index in [-0.39, 0.29) is 23.8 Å². The van der Waals surface area contributed by atoms with Gasteiger partial charge in [0.05, 0.1) is 5.39 Å². The van der Waals surface area contributed by atoms with Crippen molar-refractivity contribution in [1.82, 2.24) is 15.0 Å². The number of ketones is 1. The number of Topliss-reactive ketones (excluding diaryl/α,β-unsaturated/α-hetero) is 1. The van der Waals surface area contributed by atoms with Crippen molar-refractivity contribution >= 4 is 28.3 Å². The fourth-order valence-electron chi connectivity index (χ4n) is 2.34. The maximum Gasteiger partial charge on any atom is 0.278 e. The maximum absolute atomic E-state index is 12.4. The molecule has 3 aromatic rings. The quantitative estimate of drug-likeness (QED) is 0.719. The molecule has 1 N–H and O–H groups in total. The van der Waals surface area contributed by atoms with Crippen LogP contribution in [-0.2, 0) is 11.3 Å². The van der Waals surface area contributed by atoms with Gasteiger partial charge in [0, 0.05) is 17.7 Å². The maximum atomic E-state index is 12.4. The lowest BCUT2D eigenvalue weighted by atomic mass is 10.1. The molecule has 0 spiro atoms. The summed E-state index contributed by atoms with van der Waals surface area (Å²) in [6.07, 6.45) is 0.379. The molecule has 25 heavy (non-hydrogen) atoms. The molecule has 1 amide bonds. The zero-order chi connectivity index (χ0) is 17.8. The van der Waals surface area contributed by atoms with Crippen molar-refractivity contribution in [2.24, 2.45) is 0 Å². The molecule has 0 bridgehead atoms. The molecule has 0 fully saturated rings. The molecular weight excluding hydrogens is 320 g/mol. The Morgan fingerprint density at radius 2 is 1.80 bits per heavy atom. The molecule has 0 aliphatic rings. The predicted octanol–water partition coefficient (Wildman–Crippen LogP) is 2.02. The zero-order valence-corrected chi connectivity index (χ0v) is 13.6. The first kappa shape index (κ1) is 16.5. The Morgan fingerprint density at radius 3 is 2.52 bits per heavy atom. The molecule has 3 rings (SSSR count). The first-order valence-electron chi connectivity index (χ1n) is 7.84. The Hall–Kier alpha value is -3.35. The van der Waals surface area contributed by atoms with Gasteiger partial charge in [-0.15, -0.1) is 5.10 Å². The summed E-state index contributed by atoms with van der Waals surface area (Å²) >= 11 is 0. The Bertz CT molecular complexity index is 993. The summed E-state index contributed by atoms with van der Waals surface area (Å²) in [6, 6.07) is 13.4. The number of anilines is 1. The lowest BCUT2D eigenvalue weighted by Gasteiger charge is -2.06.